The molecule has 2 aromatic carbocycles. The number of benzene rings is 2. The van der Waals surface area contributed by atoms with Crippen molar-refractivity contribution in [2.45, 2.75) is 25.9 Å². The first kappa shape index (κ1) is 20.6. The number of halogens is 2. The monoisotopic (exact) mass is 401 g/mol. The molecule has 1 amide bonds. The molecule has 6 nitrogen and oxygen atoms in total. The molecule has 0 saturated carbocycles. The summed E-state index contributed by atoms with van der Waals surface area (Å²) in [6.07, 6.45) is 0.742. The van der Waals surface area contributed by atoms with Crippen LogP contribution in [0.25, 0.3) is 0 Å². The van der Waals surface area contributed by atoms with Gasteiger partial charge in [-0.25, -0.2) is 13.8 Å². The molecule has 1 fully saturated rings. The SMILES string of the molecule is CCNC(=NCc1ccc(C(N)=O)cc1)NC1CCN(c2c(F)cccc2F)C1. The summed E-state index contributed by atoms with van der Waals surface area (Å²) < 4.78 is 28.1. The van der Waals surface area contributed by atoms with Gasteiger partial charge in [-0.1, -0.05) is 18.2 Å². The number of hydrogen-bond acceptors (Lipinski definition) is 3. The van der Waals surface area contributed by atoms with Crippen molar-refractivity contribution in [2.24, 2.45) is 10.7 Å². The number of carbonyl (C=O) groups excluding carboxylic acids is 1. The molecule has 0 radical (unpaired) electrons. The molecule has 1 heterocycles. The molecule has 1 atom stereocenters. The lowest BCUT2D eigenvalue weighted by molar-refractivity contribution is 0.100. The van der Waals surface area contributed by atoms with Crippen molar-refractivity contribution in [2.75, 3.05) is 24.5 Å². The second kappa shape index (κ2) is 9.36. The van der Waals surface area contributed by atoms with Crippen molar-refractivity contribution in [3.8, 4) is 0 Å². The molecule has 0 aromatic heterocycles. The van der Waals surface area contributed by atoms with Gasteiger partial charge in [0.25, 0.3) is 0 Å². The van der Waals surface area contributed by atoms with E-state index < -0.39 is 17.5 Å². The first-order chi connectivity index (χ1) is 14.0. The van der Waals surface area contributed by atoms with E-state index in [-0.39, 0.29) is 11.7 Å². The molecular weight excluding hydrogens is 376 g/mol. The Bertz CT molecular complexity index is 865. The fourth-order valence-corrected chi connectivity index (χ4v) is 3.33. The van der Waals surface area contributed by atoms with Crippen molar-refractivity contribution in [3.05, 3.63) is 65.2 Å². The minimum Gasteiger partial charge on any atom is -0.366 e. The summed E-state index contributed by atoms with van der Waals surface area (Å²) in [6, 6.07) is 10.9. The van der Waals surface area contributed by atoms with Gasteiger partial charge in [0.1, 0.15) is 17.3 Å². The van der Waals surface area contributed by atoms with Gasteiger partial charge in [0.05, 0.1) is 6.54 Å². The molecular formula is C21H25F2N5O. The minimum absolute atomic E-state index is 0.0176. The lowest BCUT2D eigenvalue weighted by atomic mass is 10.1. The van der Waals surface area contributed by atoms with Crippen LogP contribution in [0.15, 0.2) is 47.5 Å². The second-order valence-corrected chi connectivity index (χ2v) is 6.90. The number of nitrogens with two attached hydrogens (primary N) is 1. The number of rotatable bonds is 6. The molecule has 0 bridgehead atoms. The van der Waals surface area contributed by atoms with Gasteiger partial charge in [0.15, 0.2) is 5.96 Å². The van der Waals surface area contributed by atoms with Crippen LogP contribution in [0.3, 0.4) is 0 Å². The van der Waals surface area contributed by atoms with Gasteiger partial charge >= 0.3 is 0 Å². The number of nitrogens with one attached hydrogen (secondary N) is 2. The minimum atomic E-state index is -0.550. The van der Waals surface area contributed by atoms with Crippen molar-refractivity contribution in [3.63, 3.8) is 0 Å². The highest BCUT2D eigenvalue weighted by atomic mass is 19.1. The van der Waals surface area contributed by atoms with Gasteiger partial charge in [-0.05, 0) is 43.2 Å². The standard InChI is InChI=1S/C21H25F2N5O/c1-2-25-21(26-12-14-6-8-15(9-7-14)20(24)29)27-16-10-11-28(13-16)19-17(22)4-3-5-18(19)23/h3-9,16H,2,10-13H2,1H3,(H2,24,29)(H2,25,26,27). The van der Waals surface area contributed by atoms with E-state index in [4.69, 9.17) is 5.73 Å². The van der Waals surface area contributed by atoms with E-state index in [0.29, 0.717) is 37.7 Å². The summed E-state index contributed by atoms with van der Waals surface area (Å²) in [4.78, 5) is 17.4. The smallest absolute Gasteiger partial charge is 0.248 e. The highest BCUT2D eigenvalue weighted by molar-refractivity contribution is 5.92. The van der Waals surface area contributed by atoms with E-state index in [0.717, 1.165) is 12.0 Å². The zero-order valence-corrected chi connectivity index (χ0v) is 16.3. The number of para-hydroxylation sites is 1. The Morgan fingerprint density at radius 1 is 1.21 bits per heavy atom. The van der Waals surface area contributed by atoms with Crippen LogP contribution in [0.5, 0.6) is 0 Å². The summed E-state index contributed by atoms with van der Waals surface area (Å²) in [5.41, 5.74) is 6.66. The normalized spacial score (nSPS) is 16.7. The third-order valence-electron chi connectivity index (χ3n) is 4.79. The van der Waals surface area contributed by atoms with Gasteiger partial charge in [0, 0.05) is 31.2 Å². The molecule has 1 aliphatic rings. The van der Waals surface area contributed by atoms with E-state index in [1.165, 1.54) is 18.2 Å². The number of nitrogens with zero attached hydrogens (tertiary/aromatic N) is 2. The third kappa shape index (κ3) is 5.22. The van der Waals surface area contributed by atoms with Crippen LogP contribution < -0.4 is 21.3 Å². The van der Waals surface area contributed by atoms with E-state index in [1.807, 2.05) is 19.1 Å². The number of amides is 1. The lowest BCUT2D eigenvalue weighted by Crippen LogP contribution is -2.44. The molecule has 29 heavy (non-hydrogen) atoms. The van der Waals surface area contributed by atoms with Gasteiger partial charge in [0.2, 0.25) is 5.91 Å². The summed E-state index contributed by atoms with van der Waals surface area (Å²) in [5, 5.41) is 6.52. The predicted molar refractivity (Wildman–Crippen MR) is 110 cm³/mol. The number of anilines is 1. The molecule has 0 aliphatic carbocycles. The zero-order chi connectivity index (χ0) is 20.8. The van der Waals surface area contributed by atoms with Crippen molar-refractivity contribution < 1.29 is 13.6 Å². The first-order valence-electron chi connectivity index (χ1n) is 9.60. The lowest BCUT2D eigenvalue weighted by Gasteiger charge is -2.21. The van der Waals surface area contributed by atoms with Crippen LogP contribution in [-0.4, -0.2) is 37.5 Å². The molecule has 1 saturated heterocycles. The number of guanidine groups is 1. The van der Waals surface area contributed by atoms with E-state index in [2.05, 4.69) is 15.6 Å². The number of carbonyl (C=O) groups is 1. The van der Waals surface area contributed by atoms with E-state index >= 15 is 0 Å². The maximum absolute atomic E-state index is 14.0. The average Bonchev–Trinajstić information content (AvgIpc) is 3.14. The van der Waals surface area contributed by atoms with Gasteiger partial charge in [-0.3, -0.25) is 4.79 Å². The Hall–Kier alpha value is -3.16. The Morgan fingerprint density at radius 2 is 1.90 bits per heavy atom. The van der Waals surface area contributed by atoms with Crippen LogP contribution in [0.1, 0.15) is 29.3 Å². The molecule has 4 N–H and O–H groups in total. The summed E-state index contributed by atoms with van der Waals surface area (Å²) >= 11 is 0. The first-order valence-corrected chi connectivity index (χ1v) is 9.60. The van der Waals surface area contributed by atoms with Gasteiger partial charge in [-0.15, -0.1) is 0 Å². The molecule has 1 aliphatic heterocycles. The summed E-state index contributed by atoms with van der Waals surface area (Å²) in [6.45, 7) is 4.12. The third-order valence-corrected chi connectivity index (χ3v) is 4.79. The Kier molecular flexibility index (Phi) is 6.64. The van der Waals surface area contributed by atoms with Crippen LogP contribution in [0.4, 0.5) is 14.5 Å². The van der Waals surface area contributed by atoms with Crippen molar-refractivity contribution in [1.82, 2.24) is 10.6 Å². The topological polar surface area (TPSA) is 82.7 Å². The highest BCUT2D eigenvalue weighted by Gasteiger charge is 2.27. The van der Waals surface area contributed by atoms with Gasteiger partial charge in [-0.2, -0.15) is 0 Å². The molecule has 2 aromatic rings. The Labute approximate surface area is 168 Å². The van der Waals surface area contributed by atoms with E-state index in [9.17, 15) is 13.6 Å². The largest absolute Gasteiger partial charge is 0.366 e. The molecule has 8 heteroatoms. The van der Waals surface area contributed by atoms with Gasteiger partial charge < -0.3 is 21.3 Å². The molecule has 3 rings (SSSR count). The van der Waals surface area contributed by atoms with Crippen LogP contribution >= 0.6 is 0 Å². The summed E-state index contributed by atoms with van der Waals surface area (Å²) in [7, 11) is 0. The average molecular weight is 401 g/mol. The number of hydrogen-bond donors (Lipinski definition) is 3. The number of aliphatic imine (C=N–C) groups is 1. The van der Waals surface area contributed by atoms with Crippen molar-refractivity contribution in [1.29, 1.82) is 0 Å². The van der Waals surface area contributed by atoms with Crippen LogP contribution in [0, 0.1) is 11.6 Å². The fraction of sp³-hybridized carbons (Fsp3) is 0.333. The maximum atomic E-state index is 14.0. The highest BCUT2D eigenvalue weighted by Crippen LogP contribution is 2.26. The molecule has 0 spiro atoms. The fourth-order valence-electron chi connectivity index (χ4n) is 3.33. The summed E-state index contributed by atoms with van der Waals surface area (Å²) in [5.74, 6) is -0.935. The van der Waals surface area contributed by atoms with Crippen molar-refractivity contribution >= 4 is 17.6 Å². The molecule has 154 valence electrons. The second-order valence-electron chi connectivity index (χ2n) is 6.90. The number of primary amides is 1. The quantitative estimate of drug-likeness (QED) is 0.513. The Balaban J connectivity index is 1.63. The zero-order valence-electron chi connectivity index (χ0n) is 16.3. The molecule has 1 unspecified atom stereocenters. The van der Waals surface area contributed by atoms with Crippen LogP contribution in [0.2, 0.25) is 0 Å². The predicted octanol–water partition coefficient (Wildman–Crippen LogP) is 2.40. The van der Waals surface area contributed by atoms with Crippen LogP contribution in [-0.2, 0) is 6.54 Å². The van der Waals surface area contributed by atoms with E-state index in [1.54, 1.807) is 17.0 Å². The maximum Gasteiger partial charge on any atom is 0.248 e. The Morgan fingerprint density at radius 3 is 2.52 bits per heavy atom.